The van der Waals surface area contributed by atoms with Crippen molar-refractivity contribution in [2.45, 2.75) is 10.1 Å². The van der Waals surface area contributed by atoms with E-state index in [4.69, 9.17) is 0 Å². The van der Waals surface area contributed by atoms with E-state index >= 15 is 0 Å². The quantitative estimate of drug-likeness (QED) is 0.410. The minimum atomic E-state index is -0.411. The SMILES string of the molecule is O=[N+]([O-])c1cccc(-n2c(Sc3ccncc3)nc3cccnc32)c1. The van der Waals surface area contributed by atoms with Crippen LogP contribution < -0.4 is 0 Å². The molecule has 0 saturated carbocycles. The molecule has 25 heavy (non-hydrogen) atoms. The number of hydrogen-bond acceptors (Lipinski definition) is 6. The van der Waals surface area contributed by atoms with E-state index in [0.717, 1.165) is 10.4 Å². The van der Waals surface area contributed by atoms with Crippen molar-refractivity contribution in [1.82, 2.24) is 19.5 Å². The third-order valence-corrected chi connectivity index (χ3v) is 4.51. The van der Waals surface area contributed by atoms with E-state index in [0.29, 0.717) is 16.5 Å². The Hall–Kier alpha value is -3.26. The molecule has 0 amide bonds. The van der Waals surface area contributed by atoms with Gasteiger partial charge in [-0.2, -0.15) is 0 Å². The molecule has 0 bridgehead atoms. The number of nitrogens with zero attached hydrogens (tertiary/aromatic N) is 5. The lowest BCUT2D eigenvalue weighted by atomic mass is 10.3. The van der Waals surface area contributed by atoms with Crippen molar-refractivity contribution in [2.24, 2.45) is 0 Å². The maximum Gasteiger partial charge on any atom is 0.271 e. The molecule has 3 aromatic heterocycles. The van der Waals surface area contributed by atoms with E-state index in [1.54, 1.807) is 30.7 Å². The zero-order valence-electron chi connectivity index (χ0n) is 12.8. The largest absolute Gasteiger partial charge is 0.271 e. The lowest BCUT2D eigenvalue weighted by Crippen LogP contribution is -1.99. The molecule has 1 aromatic carbocycles. The van der Waals surface area contributed by atoms with E-state index in [-0.39, 0.29) is 5.69 Å². The van der Waals surface area contributed by atoms with Crippen LogP contribution in [0.4, 0.5) is 5.69 Å². The minimum Gasteiger partial charge on any atom is -0.271 e. The lowest BCUT2D eigenvalue weighted by molar-refractivity contribution is -0.384. The number of pyridine rings is 2. The number of nitro groups is 1. The summed E-state index contributed by atoms with van der Waals surface area (Å²) in [4.78, 5) is 24.7. The van der Waals surface area contributed by atoms with Crippen molar-refractivity contribution in [1.29, 1.82) is 0 Å². The Morgan fingerprint density at radius 3 is 2.68 bits per heavy atom. The van der Waals surface area contributed by atoms with Crippen molar-refractivity contribution < 1.29 is 4.92 Å². The van der Waals surface area contributed by atoms with Gasteiger partial charge in [0.2, 0.25) is 0 Å². The van der Waals surface area contributed by atoms with Crippen LogP contribution in [0.1, 0.15) is 0 Å². The van der Waals surface area contributed by atoms with E-state index in [9.17, 15) is 10.1 Å². The van der Waals surface area contributed by atoms with Crippen LogP contribution in [0.15, 0.2) is 77.2 Å². The van der Waals surface area contributed by atoms with Crippen LogP contribution in [0.25, 0.3) is 16.9 Å². The summed E-state index contributed by atoms with van der Waals surface area (Å²) in [6.07, 6.45) is 5.10. The normalized spacial score (nSPS) is 10.9. The summed E-state index contributed by atoms with van der Waals surface area (Å²) >= 11 is 1.45. The summed E-state index contributed by atoms with van der Waals surface area (Å²) in [5.74, 6) is 0. The molecule has 0 N–H and O–H groups in total. The number of rotatable bonds is 4. The van der Waals surface area contributed by atoms with Crippen LogP contribution in [0.3, 0.4) is 0 Å². The molecule has 4 aromatic rings. The van der Waals surface area contributed by atoms with Gasteiger partial charge in [0.25, 0.3) is 5.69 Å². The van der Waals surface area contributed by atoms with E-state index in [1.165, 1.54) is 23.9 Å². The number of benzene rings is 1. The van der Waals surface area contributed by atoms with E-state index in [2.05, 4.69) is 15.0 Å². The third-order valence-electron chi connectivity index (χ3n) is 3.54. The summed E-state index contributed by atoms with van der Waals surface area (Å²) < 4.78 is 1.83. The molecule has 8 heteroatoms. The highest BCUT2D eigenvalue weighted by Gasteiger charge is 2.16. The van der Waals surface area contributed by atoms with Gasteiger partial charge in [0, 0.05) is 35.6 Å². The number of non-ortho nitro benzene ring substituents is 1. The first-order valence-corrected chi connectivity index (χ1v) is 8.20. The smallest absolute Gasteiger partial charge is 0.271 e. The van der Waals surface area contributed by atoms with Crippen LogP contribution >= 0.6 is 11.8 Å². The Morgan fingerprint density at radius 1 is 1.04 bits per heavy atom. The van der Waals surface area contributed by atoms with Gasteiger partial charge >= 0.3 is 0 Å². The van der Waals surface area contributed by atoms with Crippen LogP contribution in [-0.4, -0.2) is 24.4 Å². The lowest BCUT2D eigenvalue weighted by Gasteiger charge is -2.08. The molecule has 0 spiro atoms. The molecular formula is C17H11N5O2S. The zero-order valence-corrected chi connectivity index (χ0v) is 13.6. The Labute approximate surface area is 146 Å². The summed E-state index contributed by atoms with van der Waals surface area (Å²) in [7, 11) is 0. The van der Waals surface area contributed by atoms with Gasteiger partial charge in [0.15, 0.2) is 10.8 Å². The van der Waals surface area contributed by atoms with Crippen LogP contribution in [-0.2, 0) is 0 Å². The van der Waals surface area contributed by atoms with Crippen molar-refractivity contribution in [3.8, 4) is 5.69 Å². The first-order valence-electron chi connectivity index (χ1n) is 7.38. The topological polar surface area (TPSA) is 86.7 Å². The Bertz CT molecular complexity index is 1070. The van der Waals surface area contributed by atoms with Gasteiger partial charge in [0.1, 0.15) is 5.52 Å². The Balaban J connectivity index is 1.90. The molecule has 0 radical (unpaired) electrons. The monoisotopic (exact) mass is 349 g/mol. The van der Waals surface area contributed by atoms with Gasteiger partial charge in [-0.05, 0) is 30.3 Å². The Morgan fingerprint density at radius 2 is 1.88 bits per heavy atom. The number of aromatic nitrogens is 4. The second-order valence-electron chi connectivity index (χ2n) is 5.14. The molecule has 4 rings (SSSR count). The minimum absolute atomic E-state index is 0.0233. The number of imidazole rings is 1. The molecule has 0 atom stereocenters. The second kappa shape index (κ2) is 6.33. The summed E-state index contributed by atoms with van der Waals surface area (Å²) in [5.41, 5.74) is 2.05. The first-order chi connectivity index (χ1) is 12.2. The van der Waals surface area contributed by atoms with Gasteiger partial charge in [-0.15, -0.1) is 0 Å². The molecule has 0 aliphatic heterocycles. The molecule has 0 saturated heterocycles. The average Bonchev–Trinajstić information content (AvgIpc) is 3.00. The van der Waals surface area contributed by atoms with Gasteiger partial charge in [-0.25, -0.2) is 9.97 Å². The predicted molar refractivity (Wildman–Crippen MR) is 93.9 cm³/mol. The molecular weight excluding hydrogens is 338 g/mol. The predicted octanol–water partition coefficient (Wildman–Crippen LogP) is 3.87. The zero-order chi connectivity index (χ0) is 17.2. The fraction of sp³-hybridized carbons (Fsp3) is 0. The first kappa shape index (κ1) is 15.3. The molecule has 0 fully saturated rings. The van der Waals surface area contributed by atoms with Crippen molar-refractivity contribution >= 4 is 28.6 Å². The van der Waals surface area contributed by atoms with Gasteiger partial charge in [0.05, 0.1) is 10.6 Å². The average molecular weight is 349 g/mol. The molecule has 122 valence electrons. The van der Waals surface area contributed by atoms with Gasteiger partial charge in [-0.1, -0.05) is 17.8 Å². The molecule has 0 aliphatic carbocycles. The highest BCUT2D eigenvalue weighted by atomic mass is 32.2. The van der Waals surface area contributed by atoms with Gasteiger partial charge < -0.3 is 0 Å². The van der Waals surface area contributed by atoms with Crippen molar-refractivity contribution in [3.63, 3.8) is 0 Å². The highest BCUT2D eigenvalue weighted by molar-refractivity contribution is 7.99. The maximum atomic E-state index is 11.1. The van der Waals surface area contributed by atoms with E-state index in [1.807, 2.05) is 28.8 Å². The van der Waals surface area contributed by atoms with Crippen molar-refractivity contribution in [2.75, 3.05) is 0 Å². The molecule has 0 aliphatic rings. The number of hydrogen-bond donors (Lipinski definition) is 0. The second-order valence-corrected chi connectivity index (χ2v) is 6.18. The summed E-state index contributed by atoms with van der Waals surface area (Å²) in [5, 5.41) is 11.8. The highest BCUT2D eigenvalue weighted by Crippen LogP contribution is 2.32. The fourth-order valence-corrected chi connectivity index (χ4v) is 3.35. The molecule has 7 nitrogen and oxygen atoms in total. The molecule has 3 heterocycles. The summed E-state index contributed by atoms with van der Waals surface area (Å²) in [6.45, 7) is 0. The fourth-order valence-electron chi connectivity index (χ4n) is 2.45. The number of nitro benzene ring substituents is 1. The van der Waals surface area contributed by atoms with Crippen molar-refractivity contribution in [3.05, 3.63) is 77.2 Å². The molecule has 0 unspecified atom stereocenters. The maximum absolute atomic E-state index is 11.1. The third kappa shape index (κ3) is 2.94. The standard InChI is InChI=1S/C17H11N5O2S/c23-22(24)13-4-1-3-12(11-13)21-16-15(5-2-8-19-16)20-17(21)25-14-6-9-18-10-7-14/h1-11H. The van der Waals surface area contributed by atoms with Crippen LogP contribution in [0, 0.1) is 10.1 Å². The number of fused-ring (bicyclic) bond motifs is 1. The van der Waals surface area contributed by atoms with E-state index < -0.39 is 4.92 Å². The van der Waals surface area contributed by atoms with Crippen LogP contribution in [0.2, 0.25) is 0 Å². The van der Waals surface area contributed by atoms with Crippen LogP contribution in [0.5, 0.6) is 0 Å². The summed E-state index contributed by atoms with van der Waals surface area (Å²) in [6, 6.07) is 13.9. The Kier molecular flexibility index (Phi) is 3.87. The van der Waals surface area contributed by atoms with Gasteiger partial charge in [-0.3, -0.25) is 19.7 Å².